The van der Waals surface area contributed by atoms with Crippen LogP contribution in [0.4, 0.5) is 13.6 Å². The second-order valence-electron chi connectivity index (χ2n) is 12.0. The summed E-state index contributed by atoms with van der Waals surface area (Å²) in [6.07, 6.45) is 5.02. The number of nitrogens with one attached hydrogen (secondary N) is 1. The Hall–Kier alpha value is -3.83. The van der Waals surface area contributed by atoms with Gasteiger partial charge < -0.3 is 25.0 Å². The Morgan fingerprint density at radius 3 is 2.67 bits per heavy atom. The molecule has 9 nitrogen and oxygen atoms in total. The SMILES string of the molecule is COc1ccccc1-c1cc(=O)n(C[C@]2(O)CCN(C(=O)N3CCNC[C@H]3c3cc(F)ccc3F)CC23CCCC3)cn1. The molecule has 11 heteroatoms. The lowest BCUT2D eigenvalue weighted by Gasteiger charge is -2.53. The van der Waals surface area contributed by atoms with Crippen molar-refractivity contribution in [3.05, 3.63) is 82.4 Å². The molecule has 3 fully saturated rings. The van der Waals surface area contributed by atoms with Gasteiger partial charge in [-0.1, -0.05) is 25.0 Å². The number of piperazine rings is 1. The van der Waals surface area contributed by atoms with Gasteiger partial charge in [0.1, 0.15) is 17.4 Å². The number of carbonyl (C=O) groups excluding carboxylic acids is 1. The maximum absolute atomic E-state index is 14.8. The van der Waals surface area contributed by atoms with Crippen molar-refractivity contribution in [3.63, 3.8) is 0 Å². The third-order valence-corrected chi connectivity index (χ3v) is 9.61. The minimum absolute atomic E-state index is 0.0673. The first-order valence-corrected chi connectivity index (χ1v) is 14.9. The molecular weight excluding hydrogens is 556 g/mol. The van der Waals surface area contributed by atoms with Crippen molar-refractivity contribution >= 4 is 6.03 Å². The van der Waals surface area contributed by atoms with Crippen molar-refractivity contribution < 1.29 is 23.4 Å². The number of aromatic nitrogens is 2. The normalized spacial score (nSPS) is 23.5. The Kier molecular flexibility index (Phi) is 7.95. The number of carbonyl (C=O) groups is 1. The van der Waals surface area contributed by atoms with Gasteiger partial charge in [-0.3, -0.25) is 9.36 Å². The lowest BCUT2D eigenvalue weighted by atomic mass is 9.66. The molecule has 0 unspecified atom stereocenters. The molecule has 43 heavy (non-hydrogen) atoms. The topological polar surface area (TPSA) is 99.9 Å². The van der Waals surface area contributed by atoms with E-state index in [2.05, 4.69) is 10.3 Å². The van der Waals surface area contributed by atoms with Crippen molar-refractivity contribution in [1.82, 2.24) is 24.7 Å². The molecule has 3 aliphatic rings. The number of rotatable bonds is 5. The summed E-state index contributed by atoms with van der Waals surface area (Å²) in [5.41, 5.74) is -0.770. The van der Waals surface area contributed by atoms with Gasteiger partial charge >= 0.3 is 6.03 Å². The highest BCUT2D eigenvalue weighted by molar-refractivity contribution is 5.75. The van der Waals surface area contributed by atoms with Crippen LogP contribution in [0.3, 0.4) is 0 Å². The number of piperidine rings is 1. The Labute approximate surface area is 249 Å². The summed E-state index contributed by atoms with van der Waals surface area (Å²) >= 11 is 0. The molecule has 1 aromatic heterocycles. The maximum Gasteiger partial charge on any atom is 0.320 e. The van der Waals surface area contributed by atoms with E-state index in [0.29, 0.717) is 43.2 Å². The Bertz CT molecular complexity index is 1560. The zero-order valence-corrected chi connectivity index (χ0v) is 24.3. The molecule has 3 heterocycles. The van der Waals surface area contributed by atoms with Crippen molar-refractivity contribution in [1.29, 1.82) is 0 Å². The molecule has 2 N–H and O–H groups in total. The smallest absolute Gasteiger partial charge is 0.320 e. The van der Waals surface area contributed by atoms with Crippen molar-refractivity contribution in [2.75, 3.05) is 39.8 Å². The molecule has 2 aromatic carbocycles. The Morgan fingerprint density at radius 2 is 1.91 bits per heavy atom. The molecule has 1 saturated carbocycles. The number of hydrogen-bond acceptors (Lipinski definition) is 6. The number of urea groups is 1. The average molecular weight is 594 g/mol. The van der Waals surface area contributed by atoms with Crippen LogP contribution in [-0.4, -0.2) is 75.9 Å². The molecule has 0 bridgehead atoms. The number of ether oxygens (including phenoxy) is 1. The first-order chi connectivity index (χ1) is 20.7. The van der Waals surface area contributed by atoms with E-state index >= 15 is 0 Å². The van der Waals surface area contributed by atoms with Crippen molar-refractivity contribution in [3.8, 4) is 17.0 Å². The molecule has 228 valence electrons. The molecule has 2 aliphatic heterocycles. The van der Waals surface area contributed by atoms with Gasteiger partial charge in [0, 0.05) is 55.3 Å². The number of hydrogen-bond donors (Lipinski definition) is 2. The molecule has 1 aliphatic carbocycles. The second-order valence-corrected chi connectivity index (χ2v) is 12.0. The summed E-state index contributed by atoms with van der Waals surface area (Å²) in [5, 5.41) is 15.4. The quantitative estimate of drug-likeness (QED) is 0.465. The lowest BCUT2D eigenvalue weighted by molar-refractivity contribution is -0.137. The van der Waals surface area contributed by atoms with E-state index < -0.39 is 28.7 Å². The monoisotopic (exact) mass is 593 g/mol. The highest BCUT2D eigenvalue weighted by Gasteiger charge is 2.56. The van der Waals surface area contributed by atoms with Gasteiger partial charge in [0.05, 0.1) is 37.3 Å². The number of amides is 2. The average Bonchev–Trinajstić information content (AvgIpc) is 3.50. The van der Waals surface area contributed by atoms with E-state index in [1.807, 2.05) is 18.2 Å². The molecule has 2 amide bonds. The third kappa shape index (κ3) is 5.40. The van der Waals surface area contributed by atoms with E-state index in [9.17, 15) is 23.5 Å². The maximum atomic E-state index is 14.8. The van der Waals surface area contributed by atoms with Crippen LogP contribution in [0.2, 0.25) is 0 Å². The van der Waals surface area contributed by atoms with Gasteiger partial charge in [0.25, 0.3) is 5.56 Å². The van der Waals surface area contributed by atoms with Gasteiger partial charge in [-0.15, -0.1) is 0 Å². The highest BCUT2D eigenvalue weighted by Crippen LogP contribution is 2.52. The summed E-state index contributed by atoms with van der Waals surface area (Å²) in [5.74, 6) is -0.494. The summed E-state index contributed by atoms with van der Waals surface area (Å²) in [6.45, 7) is 1.89. The van der Waals surface area contributed by atoms with Gasteiger partial charge in [0.2, 0.25) is 0 Å². The molecule has 2 saturated heterocycles. The van der Waals surface area contributed by atoms with E-state index in [1.165, 1.54) is 17.0 Å². The number of benzene rings is 2. The van der Waals surface area contributed by atoms with Crippen LogP contribution in [-0.2, 0) is 6.54 Å². The van der Waals surface area contributed by atoms with Gasteiger partial charge in [0.15, 0.2) is 0 Å². The van der Waals surface area contributed by atoms with Crippen molar-refractivity contribution in [2.24, 2.45) is 5.41 Å². The number of nitrogens with zero attached hydrogens (tertiary/aromatic N) is 4. The van der Waals surface area contributed by atoms with Crippen LogP contribution >= 0.6 is 0 Å². The highest BCUT2D eigenvalue weighted by atomic mass is 19.1. The first-order valence-electron chi connectivity index (χ1n) is 14.9. The fourth-order valence-corrected chi connectivity index (χ4v) is 7.25. The predicted octanol–water partition coefficient (Wildman–Crippen LogP) is 3.96. The molecular formula is C32H37F2N5O4. The first kappa shape index (κ1) is 29.3. The van der Waals surface area contributed by atoms with E-state index in [4.69, 9.17) is 4.74 Å². The van der Waals surface area contributed by atoms with Crippen molar-refractivity contribution in [2.45, 2.75) is 50.3 Å². The Balaban J connectivity index is 1.24. The van der Waals surface area contributed by atoms with Gasteiger partial charge in [-0.2, -0.15) is 0 Å². The summed E-state index contributed by atoms with van der Waals surface area (Å²) in [6, 6.07) is 11.2. The van der Waals surface area contributed by atoms with Crippen LogP contribution in [0.25, 0.3) is 11.3 Å². The van der Waals surface area contributed by atoms with Gasteiger partial charge in [-0.25, -0.2) is 18.6 Å². The fourth-order valence-electron chi connectivity index (χ4n) is 7.25. The second kappa shape index (κ2) is 11.7. The number of methoxy groups -OCH3 is 1. The van der Waals surface area contributed by atoms with Gasteiger partial charge in [-0.05, 0) is 49.6 Å². The lowest BCUT2D eigenvalue weighted by Crippen LogP contribution is -2.64. The summed E-state index contributed by atoms with van der Waals surface area (Å²) < 4.78 is 35.7. The molecule has 1 spiro atoms. The third-order valence-electron chi connectivity index (χ3n) is 9.61. The van der Waals surface area contributed by atoms with Crippen LogP contribution < -0.4 is 15.6 Å². The molecule has 6 rings (SSSR count). The van der Waals surface area contributed by atoms with Crippen LogP contribution in [0.1, 0.15) is 43.7 Å². The summed E-state index contributed by atoms with van der Waals surface area (Å²) in [7, 11) is 1.57. The van der Waals surface area contributed by atoms with E-state index in [0.717, 1.165) is 43.9 Å². The molecule has 0 radical (unpaired) electrons. The fraction of sp³-hybridized carbons (Fsp3) is 0.469. The van der Waals surface area contributed by atoms with Crippen LogP contribution in [0.15, 0.2) is 59.7 Å². The molecule has 3 aromatic rings. The van der Waals surface area contributed by atoms with Crippen LogP contribution in [0, 0.1) is 17.0 Å². The number of aliphatic hydroxyl groups is 1. The predicted molar refractivity (Wildman–Crippen MR) is 157 cm³/mol. The number of likely N-dealkylation sites (tertiary alicyclic amines) is 1. The van der Waals surface area contributed by atoms with E-state index in [-0.39, 0.29) is 36.7 Å². The van der Waals surface area contributed by atoms with Crippen LogP contribution in [0.5, 0.6) is 5.75 Å². The largest absolute Gasteiger partial charge is 0.496 e. The Morgan fingerprint density at radius 1 is 1.12 bits per heavy atom. The van der Waals surface area contributed by atoms with E-state index in [1.54, 1.807) is 23.0 Å². The number of para-hydroxylation sites is 1. The zero-order chi connectivity index (χ0) is 30.2. The molecule has 2 atom stereocenters. The minimum atomic E-state index is -1.23. The number of halogens is 2. The zero-order valence-electron chi connectivity index (χ0n) is 24.3. The standard InChI is InChI=1S/C32H37F2N5O4/c1-43-28-7-3-2-6-23(28)26-17-29(40)38(21-36-26)20-32(42)12-14-37(19-31(32)10-4-5-11-31)30(41)39-15-13-35-18-27(39)24-16-22(33)8-9-25(24)34/h2-3,6-9,16-17,21,27,35,42H,4-5,10-15,18-20H2,1H3/t27-,32+/m0/s1. The summed E-state index contributed by atoms with van der Waals surface area (Å²) in [4.78, 5) is 35.1. The minimum Gasteiger partial charge on any atom is -0.496 e.